The number of hydrogen-bond donors (Lipinski definition) is 2. The Morgan fingerprint density at radius 3 is 2.64 bits per heavy atom. The van der Waals surface area contributed by atoms with Crippen molar-refractivity contribution < 1.29 is 5.11 Å². The Balaban J connectivity index is 2.05. The fourth-order valence-electron chi connectivity index (χ4n) is 2.08. The molecule has 1 aliphatic rings. The van der Waals surface area contributed by atoms with Crippen LogP contribution in [0, 0.1) is 5.92 Å². The summed E-state index contributed by atoms with van der Waals surface area (Å²) in [7, 11) is 0. The van der Waals surface area contributed by atoms with E-state index in [-0.39, 0.29) is 12.1 Å². The summed E-state index contributed by atoms with van der Waals surface area (Å²) in [6, 6.07) is 10.1. The Morgan fingerprint density at radius 1 is 1.36 bits per heavy atom. The van der Waals surface area contributed by atoms with E-state index in [1.807, 2.05) is 30.3 Å². The van der Waals surface area contributed by atoms with Crippen molar-refractivity contribution in [2.75, 3.05) is 6.54 Å². The lowest BCUT2D eigenvalue weighted by atomic mass is 9.98. The van der Waals surface area contributed by atoms with E-state index in [0.717, 1.165) is 18.5 Å². The Hall–Kier alpha value is -0.860. The van der Waals surface area contributed by atoms with E-state index in [2.05, 4.69) is 12.2 Å². The van der Waals surface area contributed by atoms with E-state index in [1.165, 1.54) is 0 Å². The molecule has 0 aromatic heterocycles. The molecule has 0 radical (unpaired) electrons. The van der Waals surface area contributed by atoms with Gasteiger partial charge in [0.15, 0.2) is 0 Å². The van der Waals surface area contributed by atoms with Crippen LogP contribution >= 0.6 is 0 Å². The lowest BCUT2D eigenvalue weighted by molar-refractivity contribution is 0.136. The standard InChI is InChI=1S/C12H17NO/c1-9-7-11(13-8-9)12(14)10-5-3-2-4-6-10/h2-6,9,11-14H,7-8H2,1H3/t9?,11-,12?/m0/s1. The molecular weight excluding hydrogens is 174 g/mol. The second kappa shape index (κ2) is 4.11. The van der Waals surface area contributed by atoms with Gasteiger partial charge in [-0.2, -0.15) is 0 Å². The quantitative estimate of drug-likeness (QED) is 0.746. The highest BCUT2D eigenvalue weighted by Crippen LogP contribution is 2.25. The SMILES string of the molecule is CC1CN[C@H](C(O)c2ccccc2)C1. The van der Waals surface area contributed by atoms with Crippen LogP contribution in [-0.4, -0.2) is 17.7 Å². The predicted molar refractivity (Wildman–Crippen MR) is 57.0 cm³/mol. The zero-order valence-corrected chi connectivity index (χ0v) is 8.48. The molecule has 0 aliphatic carbocycles. The molecule has 2 unspecified atom stereocenters. The first-order valence-corrected chi connectivity index (χ1v) is 5.24. The number of aliphatic hydroxyl groups excluding tert-OH is 1. The molecule has 0 spiro atoms. The van der Waals surface area contributed by atoms with Crippen molar-refractivity contribution >= 4 is 0 Å². The Kier molecular flexibility index (Phi) is 2.85. The van der Waals surface area contributed by atoms with Crippen LogP contribution in [-0.2, 0) is 0 Å². The predicted octanol–water partition coefficient (Wildman–Crippen LogP) is 1.72. The van der Waals surface area contributed by atoms with Gasteiger partial charge in [-0.3, -0.25) is 0 Å². The molecule has 76 valence electrons. The van der Waals surface area contributed by atoms with E-state index in [0.29, 0.717) is 5.92 Å². The molecule has 1 heterocycles. The molecule has 2 heteroatoms. The largest absolute Gasteiger partial charge is 0.387 e. The van der Waals surface area contributed by atoms with Crippen molar-refractivity contribution in [2.24, 2.45) is 5.92 Å². The van der Waals surface area contributed by atoms with Gasteiger partial charge in [0, 0.05) is 6.04 Å². The van der Waals surface area contributed by atoms with Crippen LogP contribution in [0.1, 0.15) is 25.0 Å². The number of hydrogen-bond acceptors (Lipinski definition) is 2. The lowest BCUT2D eigenvalue weighted by Gasteiger charge is -2.18. The monoisotopic (exact) mass is 191 g/mol. The molecule has 14 heavy (non-hydrogen) atoms. The smallest absolute Gasteiger partial charge is 0.0943 e. The third-order valence-corrected chi connectivity index (χ3v) is 2.91. The van der Waals surface area contributed by atoms with Gasteiger partial charge in [0.2, 0.25) is 0 Å². The first-order chi connectivity index (χ1) is 6.77. The van der Waals surface area contributed by atoms with E-state index >= 15 is 0 Å². The molecule has 1 saturated heterocycles. The van der Waals surface area contributed by atoms with Crippen molar-refractivity contribution in [3.8, 4) is 0 Å². The van der Waals surface area contributed by atoms with E-state index in [4.69, 9.17) is 0 Å². The summed E-state index contributed by atoms with van der Waals surface area (Å²) in [4.78, 5) is 0. The minimum absolute atomic E-state index is 0.229. The summed E-state index contributed by atoms with van der Waals surface area (Å²) in [6.07, 6.45) is 0.705. The van der Waals surface area contributed by atoms with Crippen LogP contribution in [0.25, 0.3) is 0 Å². The highest BCUT2D eigenvalue weighted by molar-refractivity contribution is 5.19. The van der Waals surface area contributed by atoms with E-state index < -0.39 is 0 Å². The Labute approximate surface area is 85.0 Å². The molecule has 1 fully saturated rings. The molecule has 3 atom stereocenters. The summed E-state index contributed by atoms with van der Waals surface area (Å²) in [5.41, 5.74) is 1.01. The van der Waals surface area contributed by atoms with Crippen molar-refractivity contribution in [1.29, 1.82) is 0 Å². The minimum atomic E-state index is -0.360. The summed E-state index contributed by atoms with van der Waals surface area (Å²) >= 11 is 0. The maximum Gasteiger partial charge on any atom is 0.0943 e. The van der Waals surface area contributed by atoms with Crippen molar-refractivity contribution in [1.82, 2.24) is 5.32 Å². The molecule has 2 rings (SSSR count). The van der Waals surface area contributed by atoms with Crippen LogP contribution in [0.2, 0.25) is 0 Å². The molecule has 2 nitrogen and oxygen atoms in total. The van der Waals surface area contributed by atoms with E-state index in [1.54, 1.807) is 0 Å². The molecule has 0 saturated carbocycles. The Morgan fingerprint density at radius 2 is 2.07 bits per heavy atom. The summed E-state index contributed by atoms with van der Waals surface area (Å²) < 4.78 is 0. The minimum Gasteiger partial charge on any atom is -0.387 e. The summed E-state index contributed by atoms with van der Waals surface area (Å²) in [6.45, 7) is 3.24. The maximum atomic E-state index is 10.1. The molecule has 2 N–H and O–H groups in total. The van der Waals surface area contributed by atoms with Crippen molar-refractivity contribution in [3.63, 3.8) is 0 Å². The van der Waals surface area contributed by atoms with Crippen LogP contribution in [0.5, 0.6) is 0 Å². The number of benzene rings is 1. The fourth-order valence-corrected chi connectivity index (χ4v) is 2.08. The van der Waals surface area contributed by atoms with Crippen molar-refractivity contribution in [3.05, 3.63) is 35.9 Å². The molecule has 1 aromatic carbocycles. The molecular formula is C12H17NO. The third-order valence-electron chi connectivity index (χ3n) is 2.91. The molecule has 0 amide bonds. The van der Waals surface area contributed by atoms with Gasteiger partial charge >= 0.3 is 0 Å². The molecule has 1 aromatic rings. The highest BCUT2D eigenvalue weighted by Gasteiger charge is 2.27. The van der Waals surface area contributed by atoms with Crippen LogP contribution < -0.4 is 5.32 Å². The van der Waals surface area contributed by atoms with Gasteiger partial charge in [0.1, 0.15) is 0 Å². The maximum absolute atomic E-state index is 10.1. The highest BCUT2D eigenvalue weighted by atomic mass is 16.3. The normalized spacial score (nSPS) is 29.0. The number of aliphatic hydroxyl groups is 1. The van der Waals surface area contributed by atoms with Crippen molar-refractivity contribution in [2.45, 2.75) is 25.5 Å². The van der Waals surface area contributed by atoms with Crippen LogP contribution in [0.15, 0.2) is 30.3 Å². The fraction of sp³-hybridized carbons (Fsp3) is 0.500. The lowest BCUT2D eigenvalue weighted by Crippen LogP contribution is -2.28. The van der Waals surface area contributed by atoms with E-state index in [9.17, 15) is 5.11 Å². The average Bonchev–Trinajstić information content (AvgIpc) is 2.65. The van der Waals surface area contributed by atoms with Gasteiger partial charge in [0.05, 0.1) is 6.10 Å². The van der Waals surface area contributed by atoms with Gasteiger partial charge in [-0.25, -0.2) is 0 Å². The zero-order chi connectivity index (χ0) is 9.97. The summed E-state index contributed by atoms with van der Waals surface area (Å²) in [5, 5.41) is 13.4. The third kappa shape index (κ3) is 1.97. The average molecular weight is 191 g/mol. The van der Waals surface area contributed by atoms with Gasteiger partial charge < -0.3 is 10.4 Å². The first kappa shape index (κ1) is 9.69. The second-order valence-electron chi connectivity index (χ2n) is 4.21. The van der Waals surface area contributed by atoms with Gasteiger partial charge in [-0.1, -0.05) is 37.3 Å². The molecule has 1 aliphatic heterocycles. The van der Waals surface area contributed by atoms with Crippen LogP contribution in [0.3, 0.4) is 0 Å². The number of rotatable bonds is 2. The zero-order valence-electron chi connectivity index (χ0n) is 8.48. The topological polar surface area (TPSA) is 32.3 Å². The number of nitrogens with one attached hydrogen (secondary N) is 1. The second-order valence-corrected chi connectivity index (χ2v) is 4.21. The summed E-state index contributed by atoms with van der Waals surface area (Å²) in [5.74, 6) is 0.679. The van der Waals surface area contributed by atoms with Gasteiger partial charge in [-0.05, 0) is 24.4 Å². The van der Waals surface area contributed by atoms with Crippen LogP contribution in [0.4, 0.5) is 0 Å². The van der Waals surface area contributed by atoms with Gasteiger partial charge in [0.25, 0.3) is 0 Å². The van der Waals surface area contributed by atoms with Gasteiger partial charge in [-0.15, -0.1) is 0 Å². The molecule has 0 bridgehead atoms. The Bertz CT molecular complexity index is 286. The first-order valence-electron chi connectivity index (χ1n) is 5.24.